The maximum absolute atomic E-state index is 13.4. The van der Waals surface area contributed by atoms with Crippen LogP contribution < -0.4 is 4.74 Å². The van der Waals surface area contributed by atoms with E-state index in [1.165, 1.54) is 7.11 Å². The highest BCUT2D eigenvalue weighted by atomic mass is 19.2. The van der Waals surface area contributed by atoms with Crippen molar-refractivity contribution in [3.05, 3.63) is 64.5 Å². The van der Waals surface area contributed by atoms with Crippen LogP contribution in [0.15, 0.2) is 24.3 Å². The Balaban J connectivity index is 2.08. The molecule has 0 spiro atoms. The second-order valence-electron chi connectivity index (χ2n) is 4.39. The third-order valence-electron chi connectivity index (χ3n) is 2.97. The molecule has 0 aliphatic heterocycles. The molecule has 0 heterocycles. The van der Waals surface area contributed by atoms with Crippen LogP contribution >= 0.6 is 0 Å². The molecule has 0 aliphatic carbocycles. The van der Waals surface area contributed by atoms with Gasteiger partial charge in [-0.1, -0.05) is 12.1 Å². The third kappa shape index (κ3) is 3.19. The zero-order chi connectivity index (χ0) is 16.3. The second-order valence-corrected chi connectivity index (χ2v) is 4.39. The van der Waals surface area contributed by atoms with Gasteiger partial charge in [-0.25, -0.2) is 22.0 Å². The standard InChI is InChI=1S/C15H11F5O2/c1-21-9-4-2-8(3-5-9)6-22-7-10-11(16)13(18)15(20)14(19)12(10)17/h2-5H,6-7H2,1H3. The van der Waals surface area contributed by atoms with Crippen LogP contribution in [-0.4, -0.2) is 7.11 Å². The smallest absolute Gasteiger partial charge is 0.200 e. The lowest BCUT2D eigenvalue weighted by molar-refractivity contribution is 0.100. The summed E-state index contributed by atoms with van der Waals surface area (Å²) in [7, 11) is 1.49. The lowest BCUT2D eigenvalue weighted by Crippen LogP contribution is -2.08. The Kier molecular flexibility index (Phi) is 4.97. The number of rotatable bonds is 5. The highest BCUT2D eigenvalue weighted by Gasteiger charge is 2.25. The number of halogens is 5. The van der Waals surface area contributed by atoms with E-state index in [4.69, 9.17) is 9.47 Å². The minimum absolute atomic E-state index is 0.0521. The third-order valence-corrected chi connectivity index (χ3v) is 2.97. The predicted molar refractivity (Wildman–Crippen MR) is 67.7 cm³/mol. The van der Waals surface area contributed by atoms with E-state index in [0.29, 0.717) is 11.3 Å². The van der Waals surface area contributed by atoms with Gasteiger partial charge in [0.15, 0.2) is 23.3 Å². The van der Waals surface area contributed by atoms with Gasteiger partial charge in [0.25, 0.3) is 0 Å². The van der Waals surface area contributed by atoms with Crippen LogP contribution in [0, 0.1) is 29.1 Å². The van der Waals surface area contributed by atoms with Gasteiger partial charge in [-0.2, -0.15) is 0 Å². The molecule has 0 N–H and O–H groups in total. The van der Waals surface area contributed by atoms with Crippen molar-refractivity contribution in [2.24, 2.45) is 0 Å². The Morgan fingerprint density at radius 1 is 0.727 bits per heavy atom. The fourth-order valence-corrected chi connectivity index (χ4v) is 1.77. The van der Waals surface area contributed by atoms with Gasteiger partial charge in [-0.05, 0) is 17.7 Å². The first-order valence-electron chi connectivity index (χ1n) is 6.16. The van der Waals surface area contributed by atoms with E-state index in [2.05, 4.69) is 0 Å². The zero-order valence-electron chi connectivity index (χ0n) is 11.4. The van der Waals surface area contributed by atoms with E-state index in [1.807, 2.05) is 0 Å². The van der Waals surface area contributed by atoms with E-state index in [-0.39, 0.29) is 6.61 Å². The Hall–Kier alpha value is -2.15. The van der Waals surface area contributed by atoms with Gasteiger partial charge < -0.3 is 9.47 Å². The van der Waals surface area contributed by atoms with Crippen molar-refractivity contribution in [2.75, 3.05) is 7.11 Å². The molecule has 0 saturated carbocycles. The average Bonchev–Trinajstić information content (AvgIpc) is 2.55. The average molecular weight is 318 g/mol. The monoisotopic (exact) mass is 318 g/mol. The number of hydrogen-bond acceptors (Lipinski definition) is 2. The molecule has 0 unspecified atom stereocenters. The molecule has 0 fully saturated rings. The molecule has 0 radical (unpaired) electrons. The van der Waals surface area contributed by atoms with E-state index in [1.54, 1.807) is 24.3 Å². The molecule has 2 aromatic rings. The van der Waals surface area contributed by atoms with Gasteiger partial charge in [0, 0.05) is 0 Å². The normalized spacial score (nSPS) is 10.8. The molecular weight excluding hydrogens is 307 g/mol. The summed E-state index contributed by atoms with van der Waals surface area (Å²) in [5.74, 6) is -9.31. The van der Waals surface area contributed by atoms with Gasteiger partial charge in [-0.3, -0.25) is 0 Å². The van der Waals surface area contributed by atoms with Crippen LogP contribution in [0.25, 0.3) is 0 Å². The minimum Gasteiger partial charge on any atom is -0.497 e. The van der Waals surface area contributed by atoms with Gasteiger partial charge in [0.05, 0.1) is 25.9 Å². The number of methoxy groups -OCH3 is 1. The fraction of sp³-hybridized carbons (Fsp3) is 0.200. The van der Waals surface area contributed by atoms with Crippen LogP contribution in [0.5, 0.6) is 5.75 Å². The van der Waals surface area contributed by atoms with Crippen LogP contribution in [0.4, 0.5) is 22.0 Å². The van der Waals surface area contributed by atoms with E-state index >= 15 is 0 Å². The molecule has 0 aromatic heterocycles. The predicted octanol–water partition coefficient (Wildman–Crippen LogP) is 4.11. The summed E-state index contributed by atoms with van der Waals surface area (Å²) < 4.78 is 75.7. The summed E-state index contributed by atoms with van der Waals surface area (Å²) in [6, 6.07) is 6.60. The lowest BCUT2D eigenvalue weighted by atomic mass is 10.2. The first-order valence-corrected chi connectivity index (χ1v) is 6.16. The summed E-state index contributed by atoms with van der Waals surface area (Å²) in [6.45, 7) is -0.790. The molecule has 2 rings (SSSR count). The minimum atomic E-state index is -2.19. The molecule has 0 aliphatic rings. The molecular formula is C15H11F5O2. The molecule has 0 saturated heterocycles. The van der Waals surface area contributed by atoms with Crippen LogP contribution in [0.1, 0.15) is 11.1 Å². The number of benzene rings is 2. The van der Waals surface area contributed by atoms with Crippen molar-refractivity contribution >= 4 is 0 Å². The summed E-state index contributed by atoms with van der Waals surface area (Å²) in [4.78, 5) is 0. The van der Waals surface area contributed by atoms with E-state index in [9.17, 15) is 22.0 Å². The highest BCUT2D eigenvalue weighted by molar-refractivity contribution is 5.27. The molecule has 7 heteroatoms. The van der Waals surface area contributed by atoms with Crippen LogP contribution in [0.3, 0.4) is 0 Å². The second kappa shape index (κ2) is 6.74. The van der Waals surface area contributed by atoms with E-state index < -0.39 is 41.3 Å². The molecule has 0 bridgehead atoms. The molecule has 118 valence electrons. The first-order chi connectivity index (χ1) is 10.5. The summed E-state index contributed by atoms with van der Waals surface area (Å²) in [5.41, 5.74) is -0.338. The zero-order valence-corrected chi connectivity index (χ0v) is 11.4. The van der Waals surface area contributed by atoms with Crippen molar-refractivity contribution in [3.63, 3.8) is 0 Å². The maximum Gasteiger partial charge on any atom is 0.200 e. The lowest BCUT2D eigenvalue weighted by Gasteiger charge is -2.09. The number of hydrogen-bond donors (Lipinski definition) is 0. The molecule has 22 heavy (non-hydrogen) atoms. The topological polar surface area (TPSA) is 18.5 Å². The Labute approximate surface area is 123 Å². The van der Waals surface area contributed by atoms with Crippen LogP contribution in [0.2, 0.25) is 0 Å². The Morgan fingerprint density at radius 2 is 1.23 bits per heavy atom. The van der Waals surface area contributed by atoms with Crippen LogP contribution in [-0.2, 0) is 18.0 Å². The van der Waals surface area contributed by atoms with Crippen molar-refractivity contribution in [1.29, 1.82) is 0 Å². The largest absolute Gasteiger partial charge is 0.497 e. The van der Waals surface area contributed by atoms with Crippen molar-refractivity contribution in [1.82, 2.24) is 0 Å². The van der Waals surface area contributed by atoms with E-state index in [0.717, 1.165) is 0 Å². The van der Waals surface area contributed by atoms with Crippen molar-refractivity contribution in [3.8, 4) is 5.75 Å². The fourth-order valence-electron chi connectivity index (χ4n) is 1.77. The summed E-state index contributed by atoms with van der Waals surface area (Å²) >= 11 is 0. The van der Waals surface area contributed by atoms with Gasteiger partial charge in [0.1, 0.15) is 5.75 Å². The molecule has 0 atom stereocenters. The van der Waals surface area contributed by atoms with Gasteiger partial charge in [-0.15, -0.1) is 0 Å². The van der Waals surface area contributed by atoms with Crippen molar-refractivity contribution < 1.29 is 31.4 Å². The van der Waals surface area contributed by atoms with Gasteiger partial charge in [0.2, 0.25) is 5.82 Å². The summed E-state index contributed by atoms with van der Waals surface area (Å²) in [6.07, 6.45) is 0. The Bertz CT molecular complexity index is 642. The number of ether oxygens (including phenoxy) is 2. The maximum atomic E-state index is 13.4. The first kappa shape index (κ1) is 16.2. The molecule has 2 nitrogen and oxygen atoms in total. The van der Waals surface area contributed by atoms with Crippen molar-refractivity contribution in [2.45, 2.75) is 13.2 Å². The quantitative estimate of drug-likeness (QED) is 0.469. The SMILES string of the molecule is COc1ccc(COCc2c(F)c(F)c(F)c(F)c2F)cc1. The summed E-state index contributed by atoms with van der Waals surface area (Å²) in [5, 5.41) is 0. The Morgan fingerprint density at radius 3 is 1.73 bits per heavy atom. The van der Waals surface area contributed by atoms with Gasteiger partial charge >= 0.3 is 0 Å². The molecule has 2 aromatic carbocycles. The highest BCUT2D eigenvalue weighted by Crippen LogP contribution is 2.24. The molecule has 0 amide bonds.